The molecule has 0 saturated heterocycles. The molecule has 17 heavy (non-hydrogen) atoms. The van der Waals surface area contributed by atoms with Crippen molar-refractivity contribution in [1.29, 1.82) is 0 Å². The molecule has 1 aromatic heterocycles. The van der Waals surface area contributed by atoms with Gasteiger partial charge in [0.1, 0.15) is 0 Å². The molecule has 1 aliphatic heterocycles. The highest BCUT2D eigenvalue weighted by Crippen LogP contribution is 2.08. The van der Waals surface area contributed by atoms with Gasteiger partial charge in [0.15, 0.2) is 5.96 Å². The van der Waals surface area contributed by atoms with E-state index in [2.05, 4.69) is 20.6 Å². The Morgan fingerprint density at radius 3 is 2.82 bits per heavy atom. The van der Waals surface area contributed by atoms with Gasteiger partial charge in [-0.3, -0.25) is 9.98 Å². The number of aliphatic imine (C=N–C) groups is 1. The van der Waals surface area contributed by atoms with Gasteiger partial charge in [0.25, 0.3) is 0 Å². The van der Waals surface area contributed by atoms with Crippen molar-refractivity contribution in [3.8, 4) is 0 Å². The van der Waals surface area contributed by atoms with Crippen molar-refractivity contribution in [2.24, 2.45) is 4.99 Å². The zero-order valence-electron chi connectivity index (χ0n) is 9.90. The van der Waals surface area contributed by atoms with E-state index < -0.39 is 5.97 Å². The van der Waals surface area contributed by atoms with E-state index in [1.165, 1.54) is 12.3 Å². The quantitative estimate of drug-likeness (QED) is 0.717. The van der Waals surface area contributed by atoms with E-state index in [-0.39, 0.29) is 5.56 Å². The second-order valence-electron chi connectivity index (χ2n) is 3.05. The van der Waals surface area contributed by atoms with E-state index in [9.17, 15) is 4.79 Å². The molecule has 0 spiro atoms. The van der Waals surface area contributed by atoms with Crippen LogP contribution in [0.2, 0.25) is 0 Å². The lowest BCUT2D eigenvalue weighted by Crippen LogP contribution is -2.26. The van der Waals surface area contributed by atoms with Crippen LogP contribution in [0.5, 0.6) is 0 Å². The molecule has 0 bridgehead atoms. The second kappa shape index (κ2) is 6.47. The summed E-state index contributed by atoms with van der Waals surface area (Å²) in [7, 11) is 0. The monoisotopic (exact) mass is 236 g/mol. The normalized spacial score (nSPS) is 12.9. The molecule has 0 fully saturated rings. The van der Waals surface area contributed by atoms with Crippen molar-refractivity contribution in [2.75, 3.05) is 18.4 Å². The molecule has 6 heteroatoms. The van der Waals surface area contributed by atoms with Gasteiger partial charge in [-0.25, -0.2) is 4.79 Å². The van der Waals surface area contributed by atoms with Crippen LogP contribution in [-0.4, -0.2) is 35.1 Å². The zero-order valence-corrected chi connectivity index (χ0v) is 9.90. The van der Waals surface area contributed by atoms with E-state index >= 15 is 0 Å². The fraction of sp³-hybridized carbons (Fsp3) is 0.364. The Balaban J connectivity index is 0.000000686. The van der Waals surface area contributed by atoms with Crippen LogP contribution in [0.15, 0.2) is 23.5 Å². The predicted octanol–water partition coefficient (Wildman–Crippen LogP) is 1.18. The number of hydrogen-bond acceptors (Lipinski definition) is 5. The standard InChI is InChI=1S/C9H10N4O2.C2H6/c14-8(15)6-3-7(5-10-4-6)13-9-11-1-2-12-9;1-2/h3-5H,1-2H2,(H,14,15)(H2,11,12,13);1-2H3. The Bertz CT molecular complexity index is 418. The van der Waals surface area contributed by atoms with Crippen LogP contribution in [0.4, 0.5) is 5.69 Å². The SMILES string of the molecule is CC.O=C(O)c1cncc(NC2=NCCN2)c1. The van der Waals surface area contributed by atoms with Crippen LogP contribution in [0.1, 0.15) is 24.2 Å². The summed E-state index contributed by atoms with van der Waals surface area (Å²) >= 11 is 0. The minimum absolute atomic E-state index is 0.151. The molecular weight excluding hydrogens is 220 g/mol. The number of nitrogens with one attached hydrogen (secondary N) is 2. The summed E-state index contributed by atoms with van der Waals surface area (Å²) in [6, 6.07) is 1.51. The molecule has 1 aromatic rings. The maximum atomic E-state index is 10.7. The van der Waals surface area contributed by atoms with Gasteiger partial charge in [-0.15, -0.1) is 0 Å². The Hall–Kier alpha value is -2.11. The number of carbonyl (C=O) groups is 1. The molecule has 0 unspecified atom stereocenters. The number of pyridine rings is 1. The predicted molar refractivity (Wildman–Crippen MR) is 66.5 cm³/mol. The average Bonchev–Trinajstić information content (AvgIpc) is 2.85. The molecule has 0 aliphatic carbocycles. The molecule has 2 heterocycles. The summed E-state index contributed by atoms with van der Waals surface area (Å²) in [4.78, 5) is 18.6. The summed E-state index contributed by atoms with van der Waals surface area (Å²) in [6.45, 7) is 5.53. The number of hydrogen-bond donors (Lipinski definition) is 3. The van der Waals surface area contributed by atoms with E-state index in [1.54, 1.807) is 6.20 Å². The van der Waals surface area contributed by atoms with Crippen molar-refractivity contribution < 1.29 is 9.90 Å². The summed E-state index contributed by atoms with van der Waals surface area (Å²) < 4.78 is 0. The van der Waals surface area contributed by atoms with Crippen LogP contribution < -0.4 is 10.6 Å². The number of carboxylic acids is 1. The summed E-state index contributed by atoms with van der Waals surface area (Å²) in [5.41, 5.74) is 0.765. The average molecular weight is 236 g/mol. The first kappa shape index (κ1) is 13.0. The first-order valence-electron chi connectivity index (χ1n) is 5.49. The number of nitrogens with zero attached hydrogens (tertiary/aromatic N) is 2. The number of aromatic carboxylic acids is 1. The topological polar surface area (TPSA) is 86.6 Å². The summed E-state index contributed by atoms with van der Waals surface area (Å²) in [5.74, 6) is -0.341. The van der Waals surface area contributed by atoms with Crippen LogP contribution in [0.25, 0.3) is 0 Å². The lowest BCUT2D eigenvalue weighted by molar-refractivity contribution is 0.0696. The first-order valence-corrected chi connectivity index (χ1v) is 5.49. The Kier molecular flexibility index (Phi) is 4.93. The van der Waals surface area contributed by atoms with Gasteiger partial charge in [-0.1, -0.05) is 13.8 Å². The highest BCUT2D eigenvalue weighted by Gasteiger charge is 2.07. The Labute approximate surface area is 99.8 Å². The summed E-state index contributed by atoms with van der Waals surface area (Å²) in [6.07, 6.45) is 2.85. The van der Waals surface area contributed by atoms with Gasteiger partial charge in [-0.2, -0.15) is 0 Å². The lowest BCUT2D eigenvalue weighted by atomic mass is 10.3. The van der Waals surface area contributed by atoms with Crippen molar-refractivity contribution in [1.82, 2.24) is 10.3 Å². The molecule has 6 nitrogen and oxygen atoms in total. The molecular formula is C11H16N4O2. The highest BCUT2D eigenvalue weighted by atomic mass is 16.4. The van der Waals surface area contributed by atoms with E-state index in [4.69, 9.17) is 5.11 Å². The van der Waals surface area contributed by atoms with E-state index in [1.807, 2.05) is 13.8 Å². The van der Waals surface area contributed by atoms with Gasteiger partial charge in [0.05, 0.1) is 24.0 Å². The van der Waals surface area contributed by atoms with Gasteiger partial charge >= 0.3 is 5.97 Å². The Morgan fingerprint density at radius 1 is 1.47 bits per heavy atom. The van der Waals surface area contributed by atoms with Gasteiger partial charge in [0, 0.05) is 12.7 Å². The fourth-order valence-electron chi connectivity index (χ4n) is 1.24. The number of anilines is 1. The maximum Gasteiger partial charge on any atom is 0.337 e. The first-order chi connectivity index (χ1) is 8.25. The Morgan fingerprint density at radius 2 is 2.24 bits per heavy atom. The van der Waals surface area contributed by atoms with Crippen LogP contribution in [0.3, 0.4) is 0 Å². The molecule has 0 amide bonds. The minimum Gasteiger partial charge on any atom is -0.478 e. The molecule has 0 atom stereocenters. The van der Waals surface area contributed by atoms with Crippen LogP contribution >= 0.6 is 0 Å². The van der Waals surface area contributed by atoms with Crippen molar-refractivity contribution >= 4 is 17.6 Å². The molecule has 0 radical (unpaired) electrons. The minimum atomic E-state index is -0.993. The second-order valence-corrected chi connectivity index (χ2v) is 3.05. The third kappa shape index (κ3) is 3.75. The maximum absolute atomic E-state index is 10.7. The van der Waals surface area contributed by atoms with Crippen LogP contribution in [0, 0.1) is 0 Å². The number of aromatic nitrogens is 1. The van der Waals surface area contributed by atoms with Gasteiger partial charge in [0.2, 0.25) is 0 Å². The third-order valence-corrected chi connectivity index (χ3v) is 1.92. The number of guanidine groups is 1. The molecule has 0 aromatic carbocycles. The number of carboxylic acid groups (broad SMARTS) is 1. The smallest absolute Gasteiger partial charge is 0.337 e. The number of rotatable bonds is 2. The lowest BCUT2D eigenvalue weighted by Gasteiger charge is -2.06. The van der Waals surface area contributed by atoms with Crippen molar-refractivity contribution in [2.45, 2.75) is 13.8 Å². The third-order valence-electron chi connectivity index (χ3n) is 1.92. The molecule has 92 valence electrons. The summed E-state index contributed by atoms with van der Waals surface area (Å²) in [5, 5.41) is 14.7. The molecule has 0 saturated carbocycles. The molecule has 2 rings (SSSR count). The largest absolute Gasteiger partial charge is 0.478 e. The zero-order chi connectivity index (χ0) is 12.7. The van der Waals surface area contributed by atoms with E-state index in [0.29, 0.717) is 11.6 Å². The van der Waals surface area contributed by atoms with Crippen molar-refractivity contribution in [3.63, 3.8) is 0 Å². The highest BCUT2D eigenvalue weighted by molar-refractivity contribution is 5.96. The van der Waals surface area contributed by atoms with Gasteiger partial charge in [-0.05, 0) is 6.07 Å². The van der Waals surface area contributed by atoms with Crippen molar-refractivity contribution in [3.05, 3.63) is 24.0 Å². The molecule has 1 aliphatic rings. The molecule has 3 N–H and O–H groups in total. The fourth-order valence-corrected chi connectivity index (χ4v) is 1.24. The van der Waals surface area contributed by atoms with Crippen LogP contribution in [-0.2, 0) is 0 Å². The van der Waals surface area contributed by atoms with Gasteiger partial charge < -0.3 is 15.7 Å². The van der Waals surface area contributed by atoms with E-state index in [0.717, 1.165) is 13.1 Å².